The summed E-state index contributed by atoms with van der Waals surface area (Å²) in [5, 5.41) is 3.35. The van der Waals surface area contributed by atoms with Crippen LogP contribution in [0.1, 0.15) is 13.8 Å². The van der Waals surface area contributed by atoms with Crippen LogP contribution in [0.4, 0.5) is 11.5 Å². The van der Waals surface area contributed by atoms with Gasteiger partial charge in [0.2, 0.25) is 5.91 Å². The lowest BCUT2D eigenvalue weighted by Crippen LogP contribution is -2.39. The van der Waals surface area contributed by atoms with Crippen molar-refractivity contribution in [3.05, 3.63) is 17.3 Å². The van der Waals surface area contributed by atoms with E-state index in [0.29, 0.717) is 16.5 Å². The van der Waals surface area contributed by atoms with E-state index in [1.54, 1.807) is 6.07 Å². The maximum absolute atomic E-state index is 11.2. The maximum atomic E-state index is 11.2. The summed E-state index contributed by atoms with van der Waals surface area (Å²) >= 11 is 5.72. The minimum atomic E-state index is -0.504. The van der Waals surface area contributed by atoms with Crippen LogP contribution in [-0.4, -0.2) is 16.9 Å². The molecule has 0 spiro atoms. The van der Waals surface area contributed by atoms with Crippen LogP contribution in [-0.2, 0) is 4.79 Å². The Bertz CT molecular complexity index is 394. The van der Waals surface area contributed by atoms with Crippen molar-refractivity contribution in [3.8, 4) is 0 Å². The van der Waals surface area contributed by atoms with E-state index < -0.39 is 11.9 Å². The number of carbonyl (C=O) groups excluding carboxylic acids is 1. The van der Waals surface area contributed by atoms with Gasteiger partial charge in [-0.05, 0) is 12.0 Å². The third-order valence-electron chi connectivity index (χ3n) is 2.15. The average Bonchev–Trinajstić information content (AvgIpc) is 2.15. The van der Waals surface area contributed by atoms with Crippen molar-refractivity contribution in [2.75, 3.05) is 11.1 Å². The van der Waals surface area contributed by atoms with E-state index >= 15 is 0 Å². The molecular formula is C10H15ClN4O. The fourth-order valence-corrected chi connectivity index (χ4v) is 1.46. The van der Waals surface area contributed by atoms with Crippen LogP contribution in [0.2, 0.25) is 5.02 Å². The molecule has 0 aliphatic heterocycles. The van der Waals surface area contributed by atoms with Gasteiger partial charge >= 0.3 is 0 Å². The number of nitrogens with one attached hydrogen (secondary N) is 1. The van der Waals surface area contributed by atoms with Gasteiger partial charge in [0.05, 0.1) is 10.7 Å². The zero-order valence-electron chi connectivity index (χ0n) is 9.20. The number of nitrogen functional groups attached to an aromatic ring is 1. The lowest BCUT2D eigenvalue weighted by atomic mass is 10.0. The van der Waals surface area contributed by atoms with Crippen molar-refractivity contribution >= 4 is 29.0 Å². The summed E-state index contributed by atoms with van der Waals surface area (Å²) in [4.78, 5) is 15.2. The molecule has 0 saturated carbocycles. The van der Waals surface area contributed by atoms with Gasteiger partial charge in [-0.3, -0.25) is 4.79 Å². The van der Waals surface area contributed by atoms with E-state index in [1.807, 2.05) is 13.8 Å². The van der Waals surface area contributed by atoms with E-state index in [1.165, 1.54) is 6.20 Å². The molecule has 1 unspecified atom stereocenters. The highest BCUT2D eigenvalue weighted by molar-refractivity contribution is 6.30. The molecule has 1 amide bonds. The Morgan fingerprint density at radius 3 is 2.62 bits per heavy atom. The number of aromatic nitrogens is 1. The van der Waals surface area contributed by atoms with Gasteiger partial charge in [0.25, 0.3) is 0 Å². The lowest BCUT2D eigenvalue weighted by Gasteiger charge is -2.20. The van der Waals surface area contributed by atoms with Crippen molar-refractivity contribution in [3.63, 3.8) is 0 Å². The van der Waals surface area contributed by atoms with Gasteiger partial charge in [-0.2, -0.15) is 0 Å². The van der Waals surface area contributed by atoms with Crippen LogP contribution < -0.4 is 16.8 Å². The molecule has 0 aliphatic rings. The summed E-state index contributed by atoms with van der Waals surface area (Å²) in [5.74, 6) is 0.0300. The number of hydrogen-bond donors (Lipinski definition) is 3. The Balaban J connectivity index is 2.90. The lowest BCUT2D eigenvalue weighted by molar-refractivity contribution is -0.119. The Hall–Kier alpha value is -1.49. The number of halogens is 1. The molecule has 1 atom stereocenters. The quantitative estimate of drug-likeness (QED) is 0.740. The Kier molecular flexibility index (Phi) is 3.95. The molecule has 1 heterocycles. The van der Waals surface area contributed by atoms with E-state index in [9.17, 15) is 4.79 Å². The zero-order chi connectivity index (χ0) is 12.3. The largest absolute Gasteiger partial charge is 0.396 e. The molecule has 88 valence electrons. The van der Waals surface area contributed by atoms with E-state index in [0.717, 1.165) is 0 Å². The normalized spacial score (nSPS) is 12.5. The second-order valence-corrected chi connectivity index (χ2v) is 4.30. The average molecular weight is 243 g/mol. The molecule has 0 fully saturated rings. The Labute approximate surface area is 99.2 Å². The third kappa shape index (κ3) is 3.00. The number of primary amides is 1. The zero-order valence-corrected chi connectivity index (χ0v) is 9.95. The van der Waals surface area contributed by atoms with Gasteiger partial charge in [0, 0.05) is 6.20 Å². The van der Waals surface area contributed by atoms with Crippen molar-refractivity contribution in [2.24, 2.45) is 11.7 Å². The van der Waals surface area contributed by atoms with E-state index in [-0.39, 0.29) is 5.92 Å². The number of anilines is 2. The van der Waals surface area contributed by atoms with Crippen LogP contribution >= 0.6 is 11.6 Å². The molecule has 6 heteroatoms. The van der Waals surface area contributed by atoms with Gasteiger partial charge in [0.15, 0.2) is 0 Å². The molecule has 16 heavy (non-hydrogen) atoms. The second-order valence-electron chi connectivity index (χ2n) is 3.86. The van der Waals surface area contributed by atoms with Crippen molar-refractivity contribution in [1.82, 2.24) is 4.98 Å². The molecule has 5 N–H and O–H groups in total. The SMILES string of the molecule is CC(C)C(Nc1ncc(Cl)cc1N)C(N)=O. The minimum absolute atomic E-state index is 0.0504. The van der Waals surface area contributed by atoms with Gasteiger partial charge in [0.1, 0.15) is 11.9 Å². The Morgan fingerprint density at radius 2 is 2.19 bits per heavy atom. The van der Waals surface area contributed by atoms with Crippen LogP contribution in [0, 0.1) is 5.92 Å². The third-order valence-corrected chi connectivity index (χ3v) is 2.36. The molecule has 5 nitrogen and oxygen atoms in total. The number of amides is 1. The second kappa shape index (κ2) is 5.03. The molecule has 0 aromatic carbocycles. The highest BCUT2D eigenvalue weighted by Crippen LogP contribution is 2.21. The summed E-state index contributed by atoms with van der Waals surface area (Å²) in [6, 6.07) is 1.06. The topological polar surface area (TPSA) is 94.0 Å². The number of nitrogens with zero attached hydrogens (tertiary/aromatic N) is 1. The van der Waals surface area contributed by atoms with Gasteiger partial charge in [-0.25, -0.2) is 4.98 Å². The first-order valence-corrected chi connectivity index (χ1v) is 5.26. The van der Waals surface area contributed by atoms with Gasteiger partial charge in [-0.1, -0.05) is 25.4 Å². The molecule has 0 aliphatic carbocycles. The smallest absolute Gasteiger partial charge is 0.240 e. The van der Waals surface area contributed by atoms with E-state index in [4.69, 9.17) is 23.1 Å². The van der Waals surface area contributed by atoms with Crippen LogP contribution in [0.15, 0.2) is 12.3 Å². The Morgan fingerprint density at radius 1 is 1.56 bits per heavy atom. The predicted octanol–water partition coefficient (Wildman–Crippen LogP) is 1.24. The van der Waals surface area contributed by atoms with Gasteiger partial charge in [-0.15, -0.1) is 0 Å². The summed E-state index contributed by atoms with van der Waals surface area (Å²) < 4.78 is 0. The van der Waals surface area contributed by atoms with Crippen LogP contribution in [0.5, 0.6) is 0 Å². The van der Waals surface area contributed by atoms with Crippen molar-refractivity contribution in [2.45, 2.75) is 19.9 Å². The number of hydrogen-bond acceptors (Lipinski definition) is 4. The molecular weight excluding hydrogens is 228 g/mol. The highest BCUT2D eigenvalue weighted by atomic mass is 35.5. The van der Waals surface area contributed by atoms with Gasteiger partial charge < -0.3 is 16.8 Å². The van der Waals surface area contributed by atoms with E-state index in [2.05, 4.69) is 10.3 Å². The summed E-state index contributed by atoms with van der Waals surface area (Å²) in [6.07, 6.45) is 1.46. The molecule has 0 bridgehead atoms. The number of nitrogens with two attached hydrogens (primary N) is 2. The number of rotatable bonds is 4. The number of pyridine rings is 1. The molecule has 1 aromatic rings. The van der Waals surface area contributed by atoms with Crippen LogP contribution in [0.25, 0.3) is 0 Å². The van der Waals surface area contributed by atoms with Crippen molar-refractivity contribution in [1.29, 1.82) is 0 Å². The first kappa shape index (κ1) is 12.6. The molecule has 1 rings (SSSR count). The number of carbonyl (C=O) groups is 1. The molecule has 0 saturated heterocycles. The summed E-state index contributed by atoms with van der Waals surface area (Å²) in [6.45, 7) is 3.77. The maximum Gasteiger partial charge on any atom is 0.240 e. The highest BCUT2D eigenvalue weighted by Gasteiger charge is 2.20. The minimum Gasteiger partial charge on any atom is -0.396 e. The fraction of sp³-hybridized carbons (Fsp3) is 0.400. The first-order valence-electron chi connectivity index (χ1n) is 4.88. The fourth-order valence-electron chi connectivity index (χ4n) is 1.29. The monoisotopic (exact) mass is 242 g/mol. The summed E-state index contributed by atoms with van der Waals surface area (Å²) in [7, 11) is 0. The molecule has 0 radical (unpaired) electrons. The molecule has 1 aromatic heterocycles. The standard InChI is InChI=1S/C10H15ClN4O/c1-5(2)8(9(13)16)15-10-7(12)3-6(11)4-14-10/h3-5,8H,12H2,1-2H3,(H2,13,16)(H,14,15). The van der Waals surface area contributed by atoms with Crippen LogP contribution in [0.3, 0.4) is 0 Å². The predicted molar refractivity (Wildman–Crippen MR) is 65.1 cm³/mol. The summed E-state index contributed by atoms with van der Waals surface area (Å²) in [5.41, 5.74) is 11.4. The van der Waals surface area contributed by atoms with Crippen molar-refractivity contribution < 1.29 is 4.79 Å². The first-order chi connectivity index (χ1) is 7.41.